The molecule has 1 aromatic carbocycles. The molecular formula is C13H10N2O. The van der Waals surface area contributed by atoms with Gasteiger partial charge in [-0.1, -0.05) is 18.2 Å². The summed E-state index contributed by atoms with van der Waals surface area (Å²) < 4.78 is 7.52. The second-order valence-electron chi connectivity index (χ2n) is 3.48. The molecule has 0 radical (unpaired) electrons. The van der Waals surface area contributed by atoms with Crippen molar-refractivity contribution in [1.29, 1.82) is 0 Å². The van der Waals surface area contributed by atoms with Crippen LogP contribution in [0.15, 0.2) is 60.9 Å². The fraction of sp³-hybridized carbons (Fsp3) is 0. The van der Waals surface area contributed by atoms with Gasteiger partial charge in [-0.25, -0.2) is 4.52 Å². The van der Waals surface area contributed by atoms with E-state index in [0.717, 1.165) is 17.0 Å². The van der Waals surface area contributed by atoms with Crippen molar-refractivity contribution in [2.24, 2.45) is 0 Å². The Kier molecular flexibility index (Phi) is 2.07. The maximum atomic E-state index is 5.71. The maximum absolute atomic E-state index is 5.71. The number of pyridine rings is 1. The molecule has 3 rings (SSSR count). The topological polar surface area (TPSA) is 26.5 Å². The minimum absolute atomic E-state index is 0.819. The Morgan fingerprint density at radius 2 is 1.81 bits per heavy atom. The van der Waals surface area contributed by atoms with Crippen LogP contribution in [0.5, 0.6) is 11.5 Å². The molecule has 0 spiro atoms. The minimum Gasteiger partial charge on any atom is -0.457 e. The van der Waals surface area contributed by atoms with Gasteiger partial charge in [0.2, 0.25) is 0 Å². The normalized spacial score (nSPS) is 10.5. The van der Waals surface area contributed by atoms with Gasteiger partial charge >= 0.3 is 0 Å². The molecule has 3 nitrogen and oxygen atoms in total. The summed E-state index contributed by atoms with van der Waals surface area (Å²) in [5.41, 5.74) is 1.02. The lowest BCUT2D eigenvalue weighted by atomic mass is 10.3. The number of benzene rings is 1. The van der Waals surface area contributed by atoms with E-state index in [1.165, 1.54) is 0 Å². The Morgan fingerprint density at radius 3 is 2.69 bits per heavy atom. The van der Waals surface area contributed by atoms with Gasteiger partial charge in [-0.15, -0.1) is 0 Å². The lowest BCUT2D eigenvalue weighted by molar-refractivity contribution is 0.482. The van der Waals surface area contributed by atoms with Crippen LogP contribution in [0, 0.1) is 0 Å². The van der Waals surface area contributed by atoms with E-state index in [1.807, 2.05) is 54.7 Å². The van der Waals surface area contributed by atoms with E-state index in [0.29, 0.717) is 0 Å². The molecule has 2 heterocycles. The number of hydrogen-bond acceptors (Lipinski definition) is 2. The first kappa shape index (κ1) is 8.97. The molecule has 3 heteroatoms. The number of rotatable bonds is 2. The van der Waals surface area contributed by atoms with E-state index in [1.54, 1.807) is 10.7 Å². The third kappa shape index (κ3) is 1.63. The second kappa shape index (κ2) is 3.70. The summed E-state index contributed by atoms with van der Waals surface area (Å²) in [6.07, 6.45) is 3.65. The molecule has 2 aromatic heterocycles. The van der Waals surface area contributed by atoms with Crippen molar-refractivity contribution in [1.82, 2.24) is 9.61 Å². The molecule has 0 fully saturated rings. The van der Waals surface area contributed by atoms with Gasteiger partial charge in [0.1, 0.15) is 11.5 Å². The minimum atomic E-state index is 0.819. The highest BCUT2D eigenvalue weighted by atomic mass is 16.5. The highest BCUT2D eigenvalue weighted by Gasteiger charge is 1.98. The summed E-state index contributed by atoms with van der Waals surface area (Å²) in [6.45, 7) is 0. The summed E-state index contributed by atoms with van der Waals surface area (Å²) in [5.74, 6) is 1.66. The monoisotopic (exact) mass is 210 g/mol. The highest BCUT2D eigenvalue weighted by Crippen LogP contribution is 2.21. The lowest BCUT2D eigenvalue weighted by Crippen LogP contribution is -1.88. The van der Waals surface area contributed by atoms with Gasteiger partial charge in [0.05, 0.1) is 5.52 Å². The van der Waals surface area contributed by atoms with Crippen LogP contribution in [0.1, 0.15) is 0 Å². The van der Waals surface area contributed by atoms with Gasteiger partial charge in [-0.2, -0.15) is 5.10 Å². The summed E-state index contributed by atoms with van der Waals surface area (Å²) >= 11 is 0. The van der Waals surface area contributed by atoms with Gasteiger partial charge < -0.3 is 4.74 Å². The van der Waals surface area contributed by atoms with Crippen LogP contribution in [0.4, 0.5) is 0 Å². The number of para-hydroxylation sites is 1. The zero-order valence-electron chi connectivity index (χ0n) is 8.58. The fourth-order valence-corrected chi connectivity index (χ4v) is 1.59. The van der Waals surface area contributed by atoms with Gasteiger partial charge in [-0.3, -0.25) is 0 Å². The van der Waals surface area contributed by atoms with Crippen LogP contribution in [-0.2, 0) is 0 Å². The summed E-state index contributed by atoms with van der Waals surface area (Å²) in [5, 5.41) is 4.13. The number of nitrogens with zero attached hydrogens (tertiary/aromatic N) is 2. The third-order valence-corrected chi connectivity index (χ3v) is 2.35. The zero-order valence-corrected chi connectivity index (χ0v) is 8.58. The van der Waals surface area contributed by atoms with Crippen LogP contribution in [0.3, 0.4) is 0 Å². The van der Waals surface area contributed by atoms with Crippen molar-refractivity contribution >= 4 is 5.52 Å². The number of fused-ring (bicyclic) bond motifs is 1. The number of hydrogen-bond donors (Lipinski definition) is 0. The van der Waals surface area contributed by atoms with Crippen molar-refractivity contribution < 1.29 is 4.74 Å². The van der Waals surface area contributed by atoms with E-state index in [-0.39, 0.29) is 0 Å². The van der Waals surface area contributed by atoms with E-state index < -0.39 is 0 Å². The Bertz CT molecular complexity index is 601. The Hall–Kier alpha value is -2.29. The van der Waals surface area contributed by atoms with Crippen LogP contribution in [0.2, 0.25) is 0 Å². The first-order chi connectivity index (χ1) is 7.92. The van der Waals surface area contributed by atoms with E-state index in [4.69, 9.17) is 4.74 Å². The van der Waals surface area contributed by atoms with Crippen LogP contribution >= 0.6 is 0 Å². The molecule has 0 aliphatic rings. The molecular weight excluding hydrogens is 200 g/mol. The highest BCUT2D eigenvalue weighted by molar-refractivity contribution is 5.50. The van der Waals surface area contributed by atoms with Crippen molar-refractivity contribution in [3.63, 3.8) is 0 Å². The standard InChI is InChI=1S/C13H10N2O/c1-2-4-12(5-3-1)16-13-7-9-15-11(10-13)6-8-14-15/h1-10H. The summed E-state index contributed by atoms with van der Waals surface area (Å²) in [4.78, 5) is 0. The van der Waals surface area contributed by atoms with Crippen molar-refractivity contribution in [2.45, 2.75) is 0 Å². The van der Waals surface area contributed by atoms with Gasteiger partial charge in [0.25, 0.3) is 0 Å². The Morgan fingerprint density at radius 1 is 0.938 bits per heavy atom. The zero-order chi connectivity index (χ0) is 10.8. The molecule has 78 valence electrons. The molecule has 0 saturated carbocycles. The van der Waals surface area contributed by atoms with E-state index >= 15 is 0 Å². The SMILES string of the molecule is c1ccc(Oc2ccn3nccc3c2)cc1. The Labute approximate surface area is 92.9 Å². The van der Waals surface area contributed by atoms with E-state index in [2.05, 4.69) is 5.10 Å². The molecule has 0 unspecified atom stereocenters. The molecule has 0 amide bonds. The smallest absolute Gasteiger partial charge is 0.131 e. The molecule has 3 aromatic rings. The molecule has 0 bridgehead atoms. The number of aromatic nitrogens is 2. The predicted molar refractivity (Wildman–Crippen MR) is 61.7 cm³/mol. The maximum Gasteiger partial charge on any atom is 0.131 e. The van der Waals surface area contributed by atoms with Crippen molar-refractivity contribution in [3.8, 4) is 11.5 Å². The molecule has 0 saturated heterocycles. The van der Waals surface area contributed by atoms with Gasteiger partial charge in [0.15, 0.2) is 0 Å². The van der Waals surface area contributed by atoms with Gasteiger partial charge in [-0.05, 0) is 24.3 Å². The van der Waals surface area contributed by atoms with E-state index in [9.17, 15) is 0 Å². The average molecular weight is 210 g/mol. The van der Waals surface area contributed by atoms with Crippen molar-refractivity contribution in [2.75, 3.05) is 0 Å². The molecule has 0 aliphatic heterocycles. The first-order valence-corrected chi connectivity index (χ1v) is 5.08. The molecule has 0 aliphatic carbocycles. The lowest BCUT2D eigenvalue weighted by Gasteiger charge is -2.05. The number of ether oxygens (including phenoxy) is 1. The first-order valence-electron chi connectivity index (χ1n) is 5.08. The van der Waals surface area contributed by atoms with Crippen molar-refractivity contribution in [3.05, 3.63) is 60.9 Å². The third-order valence-electron chi connectivity index (χ3n) is 2.35. The summed E-state index contributed by atoms with van der Waals surface area (Å²) in [6, 6.07) is 15.5. The van der Waals surface area contributed by atoms with Crippen LogP contribution in [0.25, 0.3) is 5.52 Å². The molecule has 0 N–H and O–H groups in total. The fourth-order valence-electron chi connectivity index (χ4n) is 1.59. The largest absolute Gasteiger partial charge is 0.457 e. The van der Waals surface area contributed by atoms with Crippen LogP contribution < -0.4 is 4.74 Å². The Balaban J connectivity index is 1.94. The second-order valence-corrected chi connectivity index (χ2v) is 3.48. The predicted octanol–water partition coefficient (Wildman–Crippen LogP) is 3.13. The quantitative estimate of drug-likeness (QED) is 0.649. The van der Waals surface area contributed by atoms with Gasteiger partial charge in [0, 0.05) is 18.5 Å². The molecule has 16 heavy (non-hydrogen) atoms. The van der Waals surface area contributed by atoms with Crippen LogP contribution in [-0.4, -0.2) is 9.61 Å². The average Bonchev–Trinajstić information content (AvgIpc) is 2.77. The summed E-state index contributed by atoms with van der Waals surface area (Å²) in [7, 11) is 0. The molecule has 0 atom stereocenters.